The van der Waals surface area contributed by atoms with E-state index in [2.05, 4.69) is 35.1 Å². The first kappa shape index (κ1) is 29.3. The summed E-state index contributed by atoms with van der Waals surface area (Å²) < 4.78 is 0.945. The van der Waals surface area contributed by atoms with Crippen molar-refractivity contribution < 1.29 is 9.59 Å². The quantitative estimate of drug-likeness (QED) is 0.164. The predicted molar refractivity (Wildman–Crippen MR) is 158 cm³/mol. The van der Waals surface area contributed by atoms with Gasteiger partial charge in [0.05, 0.1) is 0 Å². The van der Waals surface area contributed by atoms with Crippen molar-refractivity contribution in [3.63, 3.8) is 0 Å². The Hall–Kier alpha value is -2.28. The summed E-state index contributed by atoms with van der Waals surface area (Å²) >= 11 is 11.2. The van der Waals surface area contributed by atoms with Crippen LogP contribution in [0.15, 0.2) is 88.2 Å². The van der Waals surface area contributed by atoms with E-state index in [1.54, 1.807) is 16.7 Å². The zero-order valence-corrected chi connectivity index (χ0v) is 24.5. The third kappa shape index (κ3) is 10.2. The number of amides is 2. The molecular formula is C30H34BrClN2O2S. The molecule has 0 fully saturated rings. The minimum atomic E-state index is -0.600. The van der Waals surface area contributed by atoms with Gasteiger partial charge in [-0.05, 0) is 65.6 Å². The summed E-state index contributed by atoms with van der Waals surface area (Å²) in [7, 11) is 0. The third-order valence-corrected chi connectivity index (χ3v) is 7.66. The number of halogens is 2. The molecule has 1 unspecified atom stereocenters. The Balaban J connectivity index is 1.78. The monoisotopic (exact) mass is 600 g/mol. The van der Waals surface area contributed by atoms with E-state index in [9.17, 15) is 9.59 Å². The van der Waals surface area contributed by atoms with E-state index in [1.807, 2.05) is 78.9 Å². The Morgan fingerprint density at radius 1 is 0.973 bits per heavy atom. The SMILES string of the molecule is CC(C)CNC(=O)C(Cc1ccccc1)N(Cc1cccc(Br)c1)C(=O)CCCSc1ccc(Cl)cc1. The normalized spacial score (nSPS) is 11.8. The highest BCUT2D eigenvalue weighted by Gasteiger charge is 2.30. The Morgan fingerprint density at radius 2 is 1.68 bits per heavy atom. The molecule has 0 radical (unpaired) electrons. The van der Waals surface area contributed by atoms with Crippen molar-refractivity contribution in [2.45, 2.75) is 50.6 Å². The molecule has 37 heavy (non-hydrogen) atoms. The van der Waals surface area contributed by atoms with Gasteiger partial charge in [-0.3, -0.25) is 9.59 Å². The molecule has 0 spiro atoms. The van der Waals surface area contributed by atoms with E-state index >= 15 is 0 Å². The van der Waals surface area contributed by atoms with Crippen LogP contribution in [0.25, 0.3) is 0 Å². The number of hydrogen-bond donors (Lipinski definition) is 1. The first-order valence-corrected chi connectivity index (χ1v) is 14.7. The topological polar surface area (TPSA) is 49.4 Å². The number of nitrogens with zero attached hydrogens (tertiary/aromatic N) is 1. The summed E-state index contributed by atoms with van der Waals surface area (Å²) in [5, 5.41) is 3.78. The van der Waals surface area contributed by atoms with Gasteiger partial charge in [0.1, 0.15) is 6.04 Å². The molecule has 0 aromatic heterocycles. The average molecular weight is 602 g/mol. The molecule has 0 aliphatic rings. The van der Waals surface area contributed by atoms with Gasteiger partial charge in [-0.25, -0.2) is 0 Å². The summed E-state index contributed by atoms with van der Waals surface area (Å²) in [4.78, 5) is 30.0. The molecular weight excluding hydrogens is 568 g/mol. The Labute approximate surface area is 238 Å². The van der Waals surface area contributed by atoms with Crippen LogP contribution >= 0.6 is 39.3 Å². The zero-order chi connectivity index (χ0) is 26.6. The average Bonchev–Trinajstić information content (AvgIpc) is 2.88. The molecule has 3 aromatic carbocycles. The van der Waals surface area contributed by atoms with Gasteiger partial charge >= 0.3 is 0 Å². The van der Waals surface area contributed by atoms with Crippen LogP contribution in [0.2, 0.25) is 5.02 Å². The van der Waals surface area contributed by atoms with Crippen molar-refractivity contribution in [3.8, 4) is 0 Å². The van der Waals surface area contributed by atoms with Crippen molar-refractivity contribution in [3.05, 3.63) is 99.5 Å². The van der Waals surface area contributed by atoms with Gasteiger partial charge in [0.15, 0.2) is 0 Å². The summed E-state index contributed by atoms with van der Waals surface area (Å²) in [6, 6.07) is 24.9. The highest BCUT2D eigenvalue weighted by atomic mass is 79.9. The second-order valence-corrected chi connectivity index (χ2v) is 11.9. The van der Waals surface area contributed by atoms with Crippen LogP contribution in [0.5, 0.6) is 0 Å². The molecule has 7 heteroatoms. The second kappa shape index (κ2) is 15.2. The summed E-state index contributed by atoms with van der Waals surface area (Å²) in [5.41, 5.74) is 2.01. The Morgan fingerprint density at radius 3 is 2.35 bits per heavy atom. The van der Waals surface area contributed by atoms with Crippen LogP contribution in [0.1, 0.15) is 37.8 Å². The lowest BCUT2D eigenvalue weighted by molar-refractivity contribution is -0.141. The highest BCUT2D eigenvalue weighted by molar-refractivity contribution is 9.10. The molecule has 1 N–H and O–H groups in total. The zero-order valence-electron chi connectivity index (χ0n) is 21.3. The van der Waals surface area contributed by atoms with Crippen LogP contribution < -0.4 is 5.32 Å². The van der Waals surface area contributed by atoms with E-state index < -0.39 is 6.04 Å². The van der Waals surface area contributed by atoms with Crippen LogP contribution in [0, 0.1) is 5.92 Å². The standard InChI is InChI=1S/C30H34BrClN2O2S/c1-22(2)20-33-30(36)28(19-23-8-4-3-5-9-23)34(21-24-10-6-11-25(31)18-24)29(35)12-7-17-37-27-15-13-26(32)14-16-27/h3-6,8-11,13-16,18,22,28H,7,12,17,19-21H2,1-2H3,(H,33,36). The van der Waals surface area contributed by atoms with Gasteiger partial charge in [-0.2, -0.15) is 0 Å². The highest BCUT2D eigenvalue weighted by Crippen LogP contribution is 2.23. The molecule has 3 rings (SSSR count). The lowest BCUT2D eigenvalue weighted by atomic mass is 10.0. The van der Waals surface area contributed by atoms with Gasteiger partial charge in [-0.1, -0.05) is 83.8 Å². The van der Waals surface area contributed by atoms with Gasteiger partial charge in [-0.15, -0.1) is 11.8 Å². The molecule has 196 valence electrons. The number of benzene rings is 3. The van der Waals surface area contributed by atoms with E-state index in [-0.39, 0.29) is 11.8 Å². The molecule has 3 aromatic rings. The molecule has 0 saturated heterocycles. The maximum absolute atomic E-state index is 13.7. The number of rotatable bonds is 13. The third-order valence-electron chi connectivity index (χ3n) is 5.81. The summed E-state index contributed by atoms with van der Waals surface area (Å²) in [5.74, 6) is 0.996. The second-order valence-electron chi connectivity index (χ2n) is 9.40. The molecule has 0 bridgehead atoms. The summed E-state index contributed by atoms with van der Waals surface area (Å²) in [6.07, 6.45) is 1.55. The molecule has 0 heterocycles. The van der Waals surface area contributed by atoms with Crippen LogP contribution in [0.4, 0.5) is 0 Å². The van der Waals surface area contributed by atoms with E-state index in [0.29, 0.717) is 43.3 Å². The minimum absolute atomic E-state index is 0.0164. The van der Waals surface area contributed by atoms with Crippen molar-refractivity contribution in [2.75, 3.05) is 12.3 Å². The first-order valence-electron chi connectivity index (χ1n) is 12.6. The number of carbonyl (C=O) groups is 2. The minimum Gasteiger partial charge on any atom is -0.354 e. The summed E-state index contributed by atoms with van der Waals surface area (Å²) in [6.45, 7) is 5.07. The first-order chi connectivity index (χ1) is 17.8. The van der Waals surface area contributed by atoms with E-state index in [4.69, 9.17) is 11.6 Å². The van der Waals surface area contributed by atoms with Crippen molar-refractivity contribution in [1.29, 1.82) is 0 Å². The maximum Gasteiger partial charge on any atom is 0.243 e. The number of thioether (sulfide) groups is 1. The lowest BCUT2D eigenvalue weighted by Gasteiger charge is -2.32. The van der Waals surface area contributed by atoms with Crippen molar-refractivity contribution in [2.24, 2.45) is 5.92 Å². The molecule has 0 aliphatic heterocycles. The van der Waals surface area contributed by atoms with Crippen molar-refractivity contribution in [1.82, 2.24) is 10.2 Å². The van der Waals surface area contributed by atoms with E-state index in [0.717, 1.165) is 26.2 Å². The van der Waals surface area contributed by atoms with Gasteiger partial charge in [0, 0.05) is 40.3 Å². The van der Waals surface area contributed by atoms with Crippen LogP contribution in [0.3, 0.4) is 0 Å². The van der Waals surface area contributed by atoms with E-state index in [1.165, 1.54) is 0 Å². The van der Waals surface area contributed by atoms with Crippen LogP contribution in [-0.4, -0.2) is 35.1 Å². The van der Waals surface area contributed by atoms with Crippen molar-refractivity contribution >= 4 is 51.1 Å². The fourth-order valence-corrected chi connectivity index (χ4v) is 5.32. The number of hydrogen-bond acceptors (Lipinski definition) is 3. The predicted octanol–water partition coefficient (Wildman–Crippen LogP) is 7.39. The molecule has 0 saturated carbocycles. The molecule has 4 nitrogen and oxygen atoms in total. The number of carbonyl (C=O) groups excluding carboxylic acids is 2. The molecule has 0 aliphatic carbocycles. The van der Waals surface area contributed by atoms with Gasteiger partial charge in [0.25, 0.3) is 0 Å². The number of nitrogens with one attached hydrogen (secondary N) is 1. The van der Waals surface area contributed by atoms with Gasteiger partial charge in [0.2, 0.25) is 11.8 Å². The molecule has 2 amide bonds. The Kier molecular flexibility index (Phi) is 12.0. The largest absolute Gasteiger partial charge is 0.354 e. The Bertz CT molecular complexity index is 1140. The maximum atomic E-state index is 13.7. The van der Waals surface area contributed by atoms with Gasteiger partial charge < -0.3 is 10.2 Å². The molecule has 1 atom stereocenters. The fourth-order valence-electron chi connectivity index (χ4n) is 3.90. The van der Waals surface area contributed by atoms with Crippen LogP contribution in [-0.2, 0) is 22.6 Å². The fraction of sp³-hybridized carbons (Fsp3) is 0.333. The lowest BCUT2D eigenvalue weighted by Crippen LogP contribution is -2.51. The smallest absolute Gasteiger partial charge is 0.243 e.